The molecule has 1 aromatic heterocycles. The van der Waals surface area contributed by atoms with Gasteiger partial charge >= 0.3 is 0 Å². The molecule has 0 saturated heterocycles. The molecule has 0 aliphatic heterocycles. The van der Waals surface area contributed by atoms with E-state index in [4.69, 9.17) is 0 Å². The largest absolute Gasteiger partial charge is 0.243 e. The molecule has 3 nitrogen and oxygen atoms in total. The highest BCUT2D eigenvalue weighted by Gasteiger charge is 2.08. The van der Waals surface area contributed by atoms with Crippen molar-refractivity contribution in [2.75, 3.05) is 0 Å². The fourth-order valence-electron chi connectivity index (χ4n) is 1.38. The van der Waals surface area contributed by atoms with E-state index < -0.39 is 0 Å². The van der Waals surface area contributed by atoms with Gasteiger partial charge in [-0.25, -0.2) is 4.63 Å². The van der Waals surface area contributed by atoms with Crippen LogP contribution >= 0.6 is 0 Å². The van der Waals surface area contributed by atoms with E-state index in [0.717, 1.165) is 22.2 Å². The average molecular weight is 162 g/mol. The minimum absolute atomic E-state index is 0.873. The zero-order valence-corrected chi connectivity index (χ0v) is 7.38. The molecule has 0 fully saturated rings. The van der Waals surface area contributed by atoms with E-state index in [-0.39, 0.29) is 0 Å². The summed E-state index contributed by atoms with van der Waals surface area (Å²) >= 11 is 0. The van der Waals surface area contributed by atoms with Crippen LogP contribution in [0, 0.1) is 20.8 Å². The SMILES string of the molecule is Cc1cc(C)c2nonc2c1C. The number of hydrogen-bond acceptors (Lipinski definition) is 3. The molecule has 2 aromatic rings. The lowest BCUT2D eigenvalue weighted by Gasteiger charge is -2.00. The van der Waals surface area contributed by atoms with Crippen molar-refractivity contribution in [2.45, 2.75) is 20.8 Å². The third-order valence-corrected chi connectivity index (χ3v) is 2.24. The standard InChI is InChI=1S/C9H10N2O/c1-5-4-6(2)8-9(7(5)3)11-12-10-8/h4H,1-3H3. The van der Waals surface area contributed by atoms with Crippen molar-refractivity contribution in [2.24, 2.45) is 0 Å². The molecule has 0 N–H and O–H groups in total. The van der Waals surface area contributed by atoms with E-state index in [9.17, 15) is 0 Å². The summed E-state index contributed by atoms with van der Waals surface area (Å²) in [6.07, 6.45) is 0. The van der Waals surface area contributed by atoms with Crippen LogP contribution in [0.1, 0.15) is 16.7 Å². The van der Waals surface area contributed by atoms with Crippen molar-refractivity contribution in [3.63, 3.8) is 0 Å². The Morgan fingerprint density at radius 1 is 1.00 bits per heavy atom. The van der Waals surface area contributed by atoms with E-state index in [1.54, 1.807) is 0 Å². The molecule has 0 amide bonds. The second-order valence-electron chi connectivity index (χ2n) is 3.10. The average Bonchev–Trinajstić information content (AvgIpc) is 2.48. The van der Waals surface area contributed by atoms with Crippen LogP contribution in [0.2, 0.25) is 0 Å². The van der Waals surface area contributed by atoms with Gasteiger partial charge in [0.25, 0.3) is 0 Å². The number of nitrogens with zero attached hydrogens (tertiary/aromatic N) is 2. The molecule has 1 aromatic carbocycles. The first-order chi connectivity index (χ1) is 5.70. The van der Waals surface area contributed by atoms with Crippen LogP contribution in [0.3, 0.4) is 0 Å². The lowest BCUT2D eigenvalue weighted by atomic mass is 10.0. The van der Waals surface area contributed by atoms with Gasteiger partial charge in [-0.05, 0) is 47.8 Å². The molecule has 62 valence electrons. The van der Waals surface area contributed by atoms with Crippen molar-refractivity contribution in [3.05, 3.63) is 22.8 Å². The summed E-state index contributed by atoms with van der Waals surface area (Å²) < 4.78 is 4.68. The van der Waals surface area contributed by atoms with Crippen LogP contribution in [0.15, 0.2) is 10.7 Å². The van der Waals surface area contributed by atoms with Crippen LogP contribution in [-0.4, -0.2) is 10.3 Å². The van der Waals surface area contributed by atoms with E-state index in [1.807, 2.05) is 13.8 Å². The lowest BCUT2D eigenvalue weighted by Crippen LogP contribution is -1.86. The fourth-order valence-corrected chi connectivity index (χ4v) is 1.38. The predicted molar refractivity (Wildman–Crippen MR) is 46.0 cm³/mol. The number of rotatable bonds is 0. The Morgan fingerprint density at radius 2 is 1.67 bits per heavy atom. The zero-order valence-electron chi connectivity index (χ0n) is 7.38. The molecule has 2 rings (SSSR count). The first-order valence-corrected chi connectivity index (χ1v) is 3.89. The zero-order chi connectivity index (χ0) is 8.72. The Kier molecular flexibility index (Phi) is 1.40. The lowest BCUT2D eigenvalue weighted by molar-refractivity contribution is 0.315. The quantitative estimate of drug-likeness (QED) is 0.595. The topological polar surface area (TPSA) is 38.9 Å². The summed E-state index contributed by atoms with van der Waals surface area (Å²) in [5, 5.41) is 7.69. The fraction of sp³-hybridized carbons (Fsp3) is 0.333. The van der Waals surface area contributed by atoms with E-state index in [1.165, 1.54) is 5.56 Å². The number of benzene rings is 1. The monoisotopic (exact) mass is 162 g/mol. The Morgan fingerprint density at radius 3 is 2.42 bits per heavy atom. The highest BCUT2D eigenvalue weighted by Crippen LogP contribution is 2.21. The molecular weight excluding hydrogens is 152 g/mol. The highest BCUT2D eigenvalue weighted by molar-refractivity contribution is 5.81. The third-order valence-electron chi connectivity index (χ3n) is 2.24. The van der Waals surface area contributed by atoms with Crippen LogP contribution in [-0.2, 0) is 0 Å². The van der Waals surface area contributed by atoms with Gasteiger partial charge in [-0.3, -0.25) is 0 Å². The molecule has 0 spiro atoms. The minimum Gasteiger partial charge on any atom is -0.243 e. The van der Waals surface area contributed by atoms with Crippen LogP contribution in [0.4, 0.5) is 0 Å². The Bertz CT molecular complexity index is 431. The summed E-state index contributed by atoms with van der Waals surface area (Å²) in [4.78, 5) is 0. The van der Waals surface area contributed by atoms with Gasteiger partial charge in [0.1, 0.15) is 11.0 Å². The van der Waals surface area contributed by atoms with Crippen LogP contribution < -0.4 is 0 Å². The van der Waals surface area contributed by atoms with Gasteiger partial charge in [0.05, 0.1) is 0 Å². The van der Waals surface area contributed by atoms with Gasteiger partial charge < -0.3 is 0 Å². The normalized spacial score (nSPS) is 10.9. The maximum absolute atomic E-state index is 4.68. The molecule has 1 heterocycles. The summed E-state index contributed by atoms with van der Waals surface area (Å²) in [5.41, 5.74) is 5.26. The van der Waals surface area contributed by atoms with Gasteiger partial charge in [-0.15, -0.1) is 0 Å². The smallest absolute Gasteiger partial charge is 0.138 e. The van der Waals surface area contributed by atoms with Crippen molar-refractivity contribution in [1.82, 2.24) is 10.3 Å². The van der Waals surface area contributed by atoms with E-state index >= 15 is 0 Å². The predicted octanol–water partition coefficient (Wildman–Crippen LogP) is 2.15. The van der Waals surface area contributed by atoms with Crippen molar-refractivity contribution < 1.29 is 4.63 Å². The second kappa shape index (κ2) is 2.30. The molecule has 12 heavy (non-hydrogen) atoms. The molecule has 0 aliphatic rings. The molecule has 0 unspecified atom stereocenters. The van der Waals surface area contributed by atoms with Gasteiger partial charge in [-0.2, -0.15) is 0 Å². The molecule has 0 atom stereocenters. The number of fused-ring (bicyclic) bond motifs is 1. The summed E-state index contributed by atoms with van der Waals surface area (Å²) in [5.74, 6) is 0. The van der Waals surface area contributed by atoms with E-state index in [0.29, 0.717) is 0 Å². The first-order valence-electron chi connectivity index (χ1n) is 3.89. The van der Waals surface area contributed by atoms with Crippen molar-refractivity contribution in [3.8, 4) is 0 Å². The maximum atomic E-state index is 4.68. The van der Waals surface area contributed by atoms with Crippen LogP contribution in [0.5, 0.6) is 0 Å². The molecule has 3 heteroatoms. The number of aryl methyl sites for hydroxylation is 3. The summed E-state index contributed by atoms with van der Waals surface area (Å²) in [6.45, 7) is 6.11. The first kappa shape index (κ1) is 7.28. The Balaban J connectivity index is 2.97. The van der Waals surface area contributed by atoms with Crippen molar-refractivity contribution >= 4 is 11.0 Å². The molecule has 0 aliphatic carbocycles. The summed E-state index contributed by atoms with van der Waals surface area (Å²) in [6, 6.07) is 2.10. The maximum Gasteiger partial charge on any atom is 0.138 e. The molecule has 0 radical (unpaired) electrons. The molecule has 0 saturated carbocycles. The minimum atomic E-state index is 0.873. The second-order valence-corrected chi connectivity index (χ2v) is 3.10. The van der Waals surface area contributed by atoms with Crippen LogP contribution in [0.25, 0.3) is 11.0 Å². The molecule has 0 bridgehead atoms. The van der Waals surface area contributed by atoms with E-state index in [2.05, 4.69) is 27.9 Å². The van der Waals surface area contributed by atoms with Gasteiger partial charge in [0, 0.05) is 0 Å². The third kappa shape index (κ3) is 0.826. The van der Waals surface area contributed by atoms with Gasteiger partial charge in [-0.1, -0.05) is 6.07 Å². The van der Waals surface area contributed by atoms with Gasteiger partial charge in [0.2, 0.25) is 0 Å². The van der Waals surface area contributed by atoms with Crippen molar-refractivity contribution in [1.29, 1.82) is 0 Å². The highest BCUT2D eigenvalue weighted by atomic mass is 16.6. The molecular formula is C9H10N2O. The summed E-state index contributed by atoms with van der Waals surface area (Å²) in [7, 11) is 0. The number of aromatic nitrogens is 2. The number of hydrogen-bond donors (Lipinski definition) is 0. The Hall–Kier alpha value is -1.38. The van der Waals surface area contributed by atoms with Gasteiger partial charge in [0.15, 0.2) is 0 Å². The Labute approximate surface area is 70.3 Å².